The molecule has 1 aromatic carbocycles. The molecule has 0 bridgehead atoms. The summed E-state index contributed by atoms with van der Waals surface area (Å²) in [5, 5.41) is 20.0. The van der Waals surface area contributed by atoms with Gasteiger partial charge in [0.25, 0.3) is 0 Å². The summed E-state index contributed by atoms with van der Waals surface area (Å²) in [7, 11) is 1.61. The molecule has 0 radical (unpaired) electrons. The Balaban J connectivity index is 1.87. The molecule has 1 aliphatic heterocycles. The number of ether oxygens (including phenoxy) is 1. The van der Waals surface area contributed by atoms with Crippen molar-refractivity contribution in [1.29, 1.82) is 0 Å². The Hall–Kier alpha value is -2.18. The fourth-order valence-electron chi connectivity index (χ4n) is 3.06. The van der Waals surface area contributed by atoms with Gasteiger partial charge in [0.05, 0.1) is 18.9 Å². The minimum atomic E-state index is -0.901. The van der Waals surface area contributed by atoms with Crippen LogP contribution in [0.25, 0.3) is 10.9 Å². The fourth-order valence-corrected chi connectivity index (χ4v) is 3.06. The second kappa shape index (κ2) is 6.52. The number of carbonyl (C=O) groups is 1. The molecule has 2 heterocycles. The molecule has 2 N–H and O–H groups in total. The zero-order chi connectivity index (χ0) is 16.4. The van der Waals surface area contributed by atoms with Crippen molar-refractivity contribution in [2.24, 2.45) is 0 Å². The predicted molar refractivity (Wildman–Crippen MR) is 85.4 cm³/mol. The minimum absolute atomic E-state index is 0.256. The predicted octanol–water partition coefficient (Wildman–Crippen LogP) is 1.65. The molecule has 1 aliphatic rings. The number of pyridine rings is 1. The van der Waals surface area contributed by atoms with E-state index in [1.807, 2.05) is 35.2 Å². The summed E-state index contributed by atoms with van der Waals surface area (Å²) in [5.41, 5.74) is 1.57. The lowest BCUT2D eigenvalue weighted by Crippen LogP contribution is -2.48. The molecule has 2 atom stereocenters. The molecule has 3 rings (SSSR count). The first-order valence-corrected chi connectivity index (χ1v) is 7.66. The van der Waals surface area contributed by atoms with Crippen molar-refractivity contribution in [2.75, 3.05) is 13.7 Å². The van der Waals surface area contributed by atoms with Crippen LogP contribution in [-0.4, -0.2) is 51.9 Å². The number of carboxylic acid groups (broad SMARTS) is 1. The number of nitrogens with zero attached hydrogens (tertiary/aromatic N) is 2. The zero-order valence-electron chi connectivity index (χ0n) is 13.0. The maximum Gasteiger partial charge on any atom is 0.321 e. The molecule has 1 saturated heterocycles. The molecule has 0 amide bonds. The van der Waals surface area contributed by atoms with Gasteiger partial charge < -0.3 is 14.9 Å². The van der Waals surface area contributed by atoms with Crippen molar-refractivity contribution in [3.63, 3.8) is 0 Å². The Morgan fingerprint density at radius 1 is 1.39 bits per heavy atom. The molecule has 2 aromatic rings. The molecule has 1 fully saturated rings. The minimum Gasteiger partial charge on any atom is -0.494 e. The number of para-hydroxylation sites is 1. The normalized spacial score (nSPS) is 22.2. The van der Waals surface area contributed by atoms with E-state index in [1.54, 1.807) is 7.11 Å². The first-order chi connectivity index (χ1) is 11.1. The maximum atomic E-state index is 11.4. The van der Waals surface area contributed by atoms with Crippen LogP contribution in [-0.2, 0) is 11.3 Å². The third-order valence-corrected chi connectivity index (χ3v) is 4.30. The molecule has 0 spiro atoms. The van der Waals surface area contributed by atoms with E-state index in [1.165, 1.54) is 0 Å². The van der Waals surface area contributed by atoms with Crippen molar-refractivity contribution in [3.8, 4) is 5.75 Å². The number of carboxylic acids is 1. The fraction of sp³-hybridized carbons (Fsp3) is 0.412. The van der Waals surface area contributed by atoms with Crippen molar-refractivity contribution >= 4 is 16.9 Å². The highest BCUT2D eigenvalue weighted by atomic mass is 16.5. The highest BCUT2D eigenvalue weighted by Gasteiger charge is 2.32. The lowest BCUT2D eigenvalue weighted by atomic mass is 9.99. The molecule has 23 heavy (non-hydrogen) atoms. The topological polar surface area (TPSA) is 82.9 Å². The van der Waals surface area contributed by atoms with E-state index in [0.717, 1.165) is 16.6 Å². The molecule has 122 valence electrons. The van der Waals surface area contributed by atoms with Gasteiger partial charge in [-0.05, 0) is 25.0 Å². The smallest absolute Gasteiger partial charge is 0.321 e. The first kappa shape index (κ1) is 15.7. The number of aromatic nitrogens is 1. The summed E-state index contributed by atoms with van der Waals surface area (Å²) >= 11 is 0. The molecule has 0 unspecified atom stereocenters. The van der Waals surface area contributed by atoms with Gasteiger partial charge >= 0.3 is 5.97 Å². The van der Waals surface area contributed by atoms with Gasteiger partial charge in [-0.25, -0.2) is 4.98 Å². The summed E-state index contributed by atoms with van der Waals surface area (Å²) < 4.78 is 5.34. The van der Waals surface area contributed by atoms with Crippen molar-refractivity contribution in [3.05, 3.63) is 36.0 Å². The van der Waals surface area contributed by atoms with Crippen LogP contribution in [0.1, 0.15) is 18.5 Å². The van der Waals surface area contributed by atoms with Gasteiger partial charge in [-0.3, -0.25) is 9.69 Å². The second-order valence-corrected chi connectivity index (χ2v) is 5.84. The molecule has 0 saturated carbocycles. The van der Waals surface area contributed by atoms with Crippen LogP contribution < -0.4 is 4.74 Å². The van der Waals surface area contributed by atoms with Gasteiger partial charge in [-0.15, -0.1) is 0 Å². The quantitative estimate of drug-likeness (QED) is 0.892. The number of hydrogen-bond donors (Lipinski definition) is 2. The second-order valence-electron chi connectivity index (χ2n) is 5.84. The van der Waals surface area contributed by atoms with E-state index in [0.29, 0.717) is 25.3 Å². The summed E-state index contributed by atoms with van der Waals surface area (Å²) in [6.07, 6.45) is 0.296. The number of rotatable bonds is 4. The number of aliphatic hydroxyl groups excluding tert-OH is 1. The van der Waals surface area contributed by atoms with E-state index in [2.05, 4.69) is 4.98 Å². The molecule has 1 aromatic heterocycles. The van der Waals surface area contributed by atoms with Crippen LogP contribution in [0.3, 0.4) is 0 Å². The SMILES string of the molecule is COc1cccc2ccc(CN3CC[C@@H](O)C[C@H]3C(=O)O)nc12. The largest absolute Gasteiger partial charge is 0.494 e. The monoisotopic (exact) mass is 316 g/mol. The first-order valence-electron chi connectivity index (χ1n) is 7.66. The van der Waals surface area contributed by atoms with Gasteiger partial charge in [-0.2, -0.15) is 0 Å². The molecule has 0 aliphatic carbocycles. The molecular weight excluding hydrogens is 296 g/mol. The Labute approximate surface area is 134 Å². The average molecular weight is 316 g/mol. The highest BCUT2D eigenvalue weighted by molar-refractivity contribution is 5.84. The number of benzene rings is 1. The van der Waals surface area contributed by atoms with Gasteiger partial charge in [0, 0.05) is 18.5 Å². The summed E-state index contributed by atoms with van der Waals surface area (Å²) in [4.78, 5) is 17.9. The number of aliphatic hydroxyl groups is 1. The van der Waals surface area contributed by atoms with Crippen LogP contribution in [0.4, 0.5) is 0 Å². The Morgan fingerprint density at radius 3 is 2.96 bits per heavy atom. The lowest BCUT2D eigenvalue weighted by Gasteiger charge is -2.35. The van der Waals surface area contributed by atoms with Gasteiger partial charge in [-0.1, -0.05) is 18.2 Å². The third kappa shape index (κ3) is 3.28. The number of aliphatic carboxylic acids is 1. The van der Waals surface area contributed by atoms with Gasteiger partial charge in [0.15, 0.2) is 0 Å². The molecule has 6 nitrogen and oxygen atoms in total. The highest BCUT2D eigenvalue weighted by Crippen LogP contribution is 2.25. The van der Waals surface area contributed by atoms with E-state index >= 15 is 0 Å². The number of fused-ring (bicyclic) bond motifs is 1. The Morgan fingerprint density at radius 2 is 2.22 bits per heavy atom. The van der Waals surface area contributed by atoms with Crippen LogP contribution in [0.15, 0.2) is 30.3 Å². The lowest BCUT2D eigenvalue weighted by molar-refractivity contribution is -0.147. The van der Waals surface area contributed by atoms with Crippen LogP contribution in [0.2, 0.25) is 0 Å². The van der Waals surface area contributed by atoms with Gasteiger partial charge in [0.1, 0.15) is 17.3 Å². The Kier molecular flexibility index (Phi) is 4.45. The standard InChI is InChI=1S/C17H20N2O4/c1-23-15-4-2-3-11-5-6-12(18-16(11)15)10-19-8-7-13(20)9-14(19)17(21)22/h2-6,13-14,20H,7-10H2,1H3,(H,21,22)/t13-,14+/m1/s1. The zero-order valence-corrected chi connectivity index (χ0v) is 13.0. The van der Waals surface area contributed by atoms with Gasteiger partial charge in [0.2, 0.25) is 0 Å². The molecule has 6 heteroatoms. The van der Waals surface area contributed by atoms with E-state index in [4.69, 9.17) is 4.74 Å². The summed E-state index contributed by atoms with van der Waals surface area (Å²) in [5.74, 6) is -0.199. The molecular formula is C17H20N2O4. The van der Waals surface area contributed by atoms with E-state index in [9.17, 15) is 15.0 Å². The van der Waals surface area contributed by atoms with Crippen LogP contribution in [0, 0.1) is 0 Å². The number of methoxy groups -OCH3 is 1. The van der Waals surface area contributed by atoms with Crippen molar-refractivity contribution in [1.82, 2.24) is 9.88 Å². The van der Waals surface area contributed by atoms with Crippen molar-refractivity contribution < 1.29 is 19.7 Å². The third-order valence-electron chi connectivity index (χ3n) is 4.30. The number of hydrogen-bond acceptors (Lipinski definition) is 5. The van der Waals surface area contributed by atoms with E-state index < -0.39 is 18.1 Å². The van der Waals surface area contributed by atoms with E-state index in [-0.39, 0.29) is 6.42 Å². The summed E-state index contributed by atoms with van der Waals surface area (Å²) in [6.45, 7) is 0.988. The Bertz CT molecular complexity index is 719. The number of piperidine rings is 1. The van der Waals surface area contributed by atoms with Crippen LogP contribution >= 0.6 is 0 Å². The average Bonchev–Trinajstić information content (AvgIpc) is 2.55. The van der Waals surface area contributed by atoms with Crippen LogP contribution in [0.5, 0.6) is 5.75 Å². The maximum absolute atomic E-state index is 11.4. The number of likely N-dealkylation sites (tertiary alicyclic amines) is 1. The summed E-state index contributed by atoms with van der Waals surface area (Å²) in [6, 6.07) is 8.94. The van der Waals surface area contributed by atoms with Crippen molar-refractivity contribution in [2.45, 2.75) is 31.5 Å².